The molecule has 3 N–H and O–H groups in total. The number of anilines is 1. The highest BCUT2D eigenvalue weighted by Gasteiger charge is 2.07. The molecular formula is C11H17N3O2S. The molecule has 0 aliphatic carbocycles. The highest BCUT2D eigenvalue weighted by atomic mass is 32.2. The number of aromatic nitrogens is 1. The van der Waals surface area contributed by atoms with Gasteiger partial charge in [-0.15, -0.1) is 0 Å². The molecule has 0 spiro atoms. The standard InChI is InChI=1S/C11H17N3O2S/c1-3-17(16)5-4-13-11(15)9-6-8(2)14-10(12)7-9/h6-7H,3-5H2,1-2H3,(H2,12,14)(H,13,15). The molecule has 17 heavy (non-hydrogen) atoms. The summed E-state index contributed by atoms with van der Waals surface area (Å²) >= 11 is 0. The summed E-state index contributed by atoms with van der Waals surface area (Å²) in [6.45, 7) is 4.03. The molecule has 1 amide bonds. The third-order valence-electron chi connectivity index (χ3n) is 2.17. The Morgan fingerprint density at radius 1 is 1.53 bits per heavy atom. The summed E-state index contributed by atoms with van der Waals surface area (Å²) in [5, 5.41) is 2.70. The van der Waals surface area contributed by atoms with E-state index in [0.717, 1.165) is 0 Å². The molecule has 1 heterocycles. The van der Waals surface area contributed by atoms with Gasteiger partial charge in [0.2, 0.25) is 0 Å². The van der Waals surface area contributed by atoms with E-state index < -0.39 is 10.8 Å². The fourth-order valence-electron chi connectivity index (χ4n) is 1.35. The second-order valence-electron chi connectivity index (χ2n) is 3.61. The number of hydrogen-bond acceptors (Lipinski definition) is 4. The maximum atomic E-state index is 11.7. The van der Waals surface area contributed by atoms with Crippen molar-refractivity contribution in [3.63, 3.8) is 0 Å². The molecule has 1 aromatic rings. The van der Waals surface area contributed by atoms with Crippen LogP contribution < -0.4 is 11.1 Å². The predicted octanol–water partition coefficient (Wildman–Crippen LogP) is 0.471. The molecule has 0 aromatic carbocycles. The van der Waals surface area contributed by atoms with Gasteiger partial charge in [-0.1, -0.05) is 6.92 Å². The van der Waals surface area contributed by atoms with Crippen molar-refractivity contribution in [3.8, 4) is 0 Å². The van der Waals surface area contributed by atoms with E-state index >= 15 is 0 Å². The van der Waals surface area contributed by atoms with E-state index in [2.05, 4.69) is 10.3 Å². The second-order valence-corrected chi connectivity index (χ2v) is 5.48. The van der Waals surface area contributed by atoms with Crippen LogP contribution in [0.2, 0.25) is 0 Å². The van der Waals surface area contributed by atoms with E-state index in [-0.39, 0.29) is 5.91 Å². The molecule has 6 heteroatoms. The van der Waals surface area contributed by atoms with Crippen LogP contribution in [0.1, 0.15) is 23.0 Å². The van der Waals surface area contributed by atoms with Gasteiger partial charge < -0.3 is 11.1 Å². The van der Waals surface area contributed by atoms with Crippen molar-refractivity contribution in [3.05, 3.63) is 23.4 Å². The zero-order valence-corrected chi connectivity index (χ0v) is 10.8. The topological polar surface area (TPSA) is 85.1 Å². The lowest BCUT2D eigenvalue weighted by Crippen LogP contribution is -2.28. The first-order valence-corrected chi connectivity index (χ1v) is 6.89. The summed E-state index contributed by atoms with van der Waals surface area (Å²) in [7, 11) is -0.860. The molecule has 1 rings (SSSR count). The molecule has 0 aliphatic heterocycles. The maximum Gasteiger partial charge on any atom is 0.251 e. The highest BCUT2D eigenvalue weighted by molar-refractivity contribution is 7.84. The number of pyridine rings is 1. The Balaban J connectivity index is 2.55. The summed E-state index contributed by atoms with van der Waals surface area (Å²) in [4.78, 5) is 15.7. The Hall–Kier alpha value is -1.43. The summed E-state index contributed by atoms with van der Waals surface area (Å²) in [6.07, 6.45) is 0. The molecule has 0 aliphatic rings. The SMILES string of the molecule is CCS(=O)CCNC(=O)c1cc(C)nc(N)c1. The van der Waals surface area contributed by atoms with Crippen LogP contribution in [-0.2, 0) is 10.8 Å². The zero-order chi connectivity index (χ0) is 12.8. The average molecular weight is 255 g/mol. The normalized spacial score (nSPS) is 12.1. The molecule has 0 saturated heterocycles. The number of amides is 1. The number of aryl methyl sites for hydroxylation is 1. The number of carbonyl (C=O) groups excluding carboxylic acids is 1. The Kier molecular flexibility index (Phi) is 5.09. The van der Waals surface area contributed by atoms with Crippen LogP contribution in [0.4, 0.5) is 5.82 Å². The molecule has 0 radical (unpaired) electrons. The molecule has 0 bridgehead atoms. The van der Waals surface area contributed by atoms with Crippen LogP contribution in [0, 0.1) is 6.92 Å². The molecule has 0 saturated carbocycles. The second kappa shape index (κ2) is 6.34. The number of rotatable bonds is 5. The van der Waals surface area contributed by atoms with Crippen molar-refractivity contribution in [2.75, 3.05) is 23.8 Å². The van der Waals surface area contributed by atoms with Crippen LogP contribution in [-0.4, -0.2) is 33.2 Å². The first-order valence-electron chi connectivity index (χ1n) is 5.40. The molecule has 1 aromatic heterocycles. The Morgan fingerprint density at radius 3 is 2.82 bits per heavy atom. The van der Waals surface area contributed by atoms with Gasteiger partial charge in [0.25, 0.3) is 5.91 Å². The van der Waals surface area contributed by atoms with E-state index in [4.69, 9.17) is 5.73 Å². The average Bonchev–Trinajstić information content (AvgIpc) is 2.27. The molecule has 1 atom stereocenters. The Morgan fingerprint density at radius 2 is 2.24 bits per heavy atom. The molecule has 5 nitrogen and oxygen atoms in total. The van der Waals surface area contributed by atoms with Gasteiger partial charge in [-0.3, -0.25) is 9.00 Å². The van der Waals surface area contributed by atoms with Crippen LogP contribution in [0.5, 0.6) is 0 Å². The fourth-order valence-corrected chi connectivity index (χ4v) is 1.97. The van der Waals surface area contributed by atoms with E-state index in [1.807, 2.05) is 6.92 Å². The molecule has 1 unspecified atom stereocenters. The quantitative estimate of drug-likeness (QED) is 0.801. The molecular weight excluding hydrogens is 238 g/mol. The number of hydrogen-bond donors (Lipinski definition) is 2. The van der Waals surface area contributed by atoms with Crippen molar-refractivity contribution in [2.24, 2.45) is 0 Å². The summed E-state index contributed by atoms with van der Waals surface area (Å²) in [6, 6.07) is 3.20. The number of nitrogen functional groups attached to an aromatic ring is 1. The van der Waals surface area contributed by atoms with Gasteiger partial charge in [-0.05, 0) is 19.1 Å². The molecule has 94 valence electrons. The molecule has 0 fully saturated rings. The van der Waals surface area contributed by atoms with Crippen molar-refractivity contribution in [2.45, 2.75) is 13.8 Å². The minimum atomic E-state index is -0.860. The monoisotopic (exact) mass is 255 g/mol. The van der Waals surface area contributed by atoms with Crippen molar-refractivity contribution < 1.29 is 9.00 Å². The summed E-state index contributed by atoms with van der Waals surface area (Å²) in [5.41, 5.74) is 6.74. The Bertz CT molecular complexity index is 414. The van der Waals surface area contributed by atoms with Crippen LogP contribution in [0.3, 0.4) is 0 Å². The largest absolute Gasteiger partial charge is 0.384 e. The van der Waals surface area contributed by atoms with Gasteiger partial charge >= 0.3 is 0 Å². The van der Waals surface area contributed by atoms with E-state index in [9.17, 15) is 9.00 Å². The minimum Gasteiger partial charge on any atom is -0.384 e. The van der Waals surface area contributed by atoms with Gasteiger partial charge in [0.15, 0.2) is 0 Å². The third-order valence-corrected chi connectivity index (χ3v) is 3.48. The smallest absolute Gasteiger partial charge is 0.251 e. The number of nitrogens with one attached hydrogen (secondary N) is 1. The van der Waals surface area contributed by atoms with Crippen molar-refractivity contribution in [1.29, 1.82) is 0 Å². The first kappa shape index (κ1) is 13.6. The van der Waals surface area contributed by atoms with E-state index in [1.54, 1.807) is 13.0 Å². The van der Waals surface area contributed by atoms with E-state index in [0.29, 0.717) is 35.1 Å². The number of nitrogens with zero attached hydrogens (tertiary/aromatic N) is 1. The summed E-state index contributed by atoms with van der Waals surface area (Å²) < 4.78 is 11.2. The zero-order valence-electron chi connectivity index (χ0n) is 10.0. The predicted molar refractivity (Wildman–Crippen MR) is 69.3 cm³/mol. The fraction of sp³-hybridized carbons (Fsp3) is 0.455. The van der Waals surface area contributed by atoms with Gasteiger partial charge in [-0.2, -0.15) is 0 Å². The first-order chi connectivity index (χ1) is 8.02. The lowest BCUT2D eigenvalue weighted by atomic mass is 10.2. The summed E-state index contributed by atoms with van der Waals surface area (Å²) in [5.74, 6) is 1.20. The van der Waals surface area contributed by atoms with Gasteiger partial charge in [0.1, 0.15) is 5.82 Å². The van der Waals surface area contributed by atoms with Gasteiger partial charge in [-0.25, -0.2) is 4.98 Å². The highest BCUT2D eigenvalue weighted by Crippen LogP contribution is 2.06. The Labute approximate surface area is 103 Å². The lowest BCUT2D eigenvalue weighted by molar-refractivity contribution is 0.0956. The van der Waals surface area contributed by atoms with Crippen molar-refractivity contribution >= 4 is 22.5 Å². The lowest BCUT2D eigenvalue weighted by Gasteiger charge is -2.06. The van der Waals surface area contributed by atoms with Crippen LogP contribution >= 0.6 is 0 Å². The minimum absolute atomic E-state index is 0.213. The number of carbonyl (C=O) groups is 1. The van der Waals surface area contributed by atoms with Gasteiger partial charge in [0, 0.05) is 40.1 Å². The van der Waals surface area contributed by atoms with Crippen LogP contribution in [0.25, 0.3) is 0 Å². The van der Waals surface area contributed by atoms with E-state index in [1.165, 1.54) is 6.07 Å². The third kappa shape index (κ3) is 4.52. The van der Waals surface area contributed by atoms with Crippen molar-refractivity contribution in [1.82, 2.24) is 10.3 Å². The van der Waals surface area contributed by atoms with Gasteiger partial charge in [0.05, 0.1) is 0 Å². The van der Waals surface area contributed by atoms with Crippen LogP contribution in [0.15, 0.2) is 12.1 Å². The maximum absolute atomic E-state index is 11.7. The number of nitrogens with two attached hydrogens (primary N) is 1.